The van der Waals surface area contributed by atoms with Crippen molar-refractivity contribution in [1.82, 2.24) is 0 Å². The molecule has 1 amide bonds. The van der Waals surface area contributed by atoms with Crippen LogP contribution >= 0.6 is 0 Å². The topological polar surface area (TPSA) is 55.1 Å². The number of aryl methyl sites for hydroxylation is 1. The van der Waals surface area contributed by atoms with Gasteiger partial charge in [-0.25, -0.2) is 0 Å². The maximum Gasteiger partial charge on any atom is 0.224 e. The number of carbonyl (C=O) groups is 1. The predicted octanol–water partition coefficient (Wildman–Crippen LogP) is 1.61. The van der Waals surface area contributed by atoms with E-state index in [1.165, 1.54) is 11.1 Å². The monoisotopic (exact) mass is 216 g/mol. The lowest BCUT2D eigenvalue weighted by atomic mass is 9.97. The Morgan fingerprint density at radius 3 is 2.88 bits per heavy atom. The molecule has 1 fully saturated rings. The van der Waals surface area contributed by atoms with E-state index in [1.807, 2.05) is 6.07 Å². The first-order valence-electron chi connectivity index (χ1n) is 5.85. The molecule has 16 heavy (non-hydrogen) atoms. The Kier molecular flexibility index (Phi) is 2.04. The summed E-state index contributed by atoms with van der Waals surface area (Å²) in [4.78, 5) is 11.2. The summed E-state index contributed by atoms with van der Waals surface area (Å²) in [6.07, 6.45) is 4.70. The van der Waals surface area contributed by atoms with Crippen molar-refractivity contribution >= 4 is 11.6 Å². The fourth-order valence-corrected chi connectivity index (χ4v) is 2.29. The van der Waals surface area contributed by atoms with Crippen LogP contribution in [0.5, 0.6) is 0 Å². The maximum absolute atomic E-state index is 11.2. The molecule has 0 saturated heterocycles. The van der Waals surface area contributed by atoms with E-state index in [-0.39, 0.29) is 11.4 Å². The summed E-state index contributed by atoms with van der Waals surface area (Å²) >= 11 is 0. The van der Waals surface area contributed by atoms with Crippen molar-refractivity contribution in [2.24, 2.45) is 5.73 Å². The Hall–Kier alpha value is -1.35. The molecule has 3 rings (SSSR count). The minimum absolute atomic E-state index is 0.0617. The van der Waals surface area contributed by atoms with Crippen LogP contribution in [0.25, 0.3) is 0 Å². The second kappa shape index (κ2) is 3.32. The molecule has 1 heterocycles. The van der Waals surface area contributed by atoms with E-state index in [1.54, 1.807) is 0 Å². The number of hydrogen-bond acceptors (Lipinski definition) is 2. The summed E-state index contributed by atoms with van der Waals surface area (Å²) in [5, 5.41) is 2.90. The number of amides is 1. The highest BCUT2D eigenvalue weighted by Gasteiger charge is 2.38. The third-order valence-corrected chi connectivity index (χ3v) is 3.51. The van der Waals surface area contributed by atoms with Crippen molar-refractivity contribution in [3.05, 3.63) is 29.3 Å². The average Bonchev–Trinajstić information content (AvgIpc) is 2.96. The standard InChI is InChI=1S/C13H16N2O/c14-13(5-6-13)8-9-1-3-11-10(7-9)2-4-12(16)15-11/h1,3,7H,2,4-6,8,14H2,(H,15,16). The lowest BCUT2D eigenvalue weighted by Gasteiger charge is -2.18. The van der Waals surface area contributed by atoms with E-state index in [2.05, 4.69) is 17.4 Å². The normalized spacial score (nSPS) is 21.2. The summed E-state index contributed by atoms with van der Waals surface area (Å²) in [6, 6.07) is 6.28. The molecule has 1 aromatic rings. The summed E-state index contributed by atoms with van der Waals surface area (Å²) in [7, 11) is 0. The number of rotatable bonds is 2. The summed E-state index contributed by atoms with van der Waals surface area (Å²) in [6.45, 7) is 0. The van der Waals surface area contributed by atoms with Crippen LogP contribution in [0.3, 0.4) is 0 Å². The Bertz CT molecular complexity index is 449. The molecule has 0 unspecified atom stereocenters. The van der Waals surface area contributed by atoms with E-state index >= 15 is 0 Å². The fourth-order valence-electron chi connectivity index (χ4n) is 2.29. The molecule has 1 saturated carbocycles. The zero-order chi connectivity index (χ0) is 11.2. The third kappa shape index (κ3) is 1.83. The van der Waals surface area contributed by atoms with Crippen LogP contribution in [-0.4, -0.2) is 11.4 Å². The van der Waals surface area contributed by atoms with Gasteiger partial charge < -0.3 is 11.1 Å². The van der Waals surface area contributed by atoms with E-state index in [0.29, 0.717) is 6.42 Å². The molecule has 0 spiro atoms. The van der Waals surface area contributed by atoms with Crippen LogP contribution in [-0.2, 0) is 17.6 Å². The first-order valence-corrected chi connectivity index (χ1v) is 5.85. The molecule has 0 radical (unpaired) electrons. The van der Waals surface area contributed by atoms with Crippen molar-refractivity contribution in [3.63, 3.8) is 0 Å². The van der Waals surface area contributed by atoms with Gasteiger partial charge in [-0.1, -0.05) is 12.1 Å². The molecule has 0 atom stereocenters. The van der Waals surface area contributed by atoms with Crippen LogP contribution in [0.2, 0.25) is 0 Å². The highest BCUT2D eigenvalue weighted by molar-refractivity contribution is 5.93. The molecule has 0 bridgehead atoms. The van der Waals surface area contributed by atoms with Crippen LogP contribution < -0.4 is 11.1 Å². The first-order chi connectivity index (χ1) is 7.65. The molecule has 3 nitrogen and oxygen atoms in total. The number of carbonyl (C=O) groups excluding carboxylic acids is 1. The van der Waals surface area contributed by atoms with Gasteiger partial charge in [-0.05, 0) is 42.9 Å². The summed E-state index contributed by atoms with van der Waals surface area (Å²) < 4.78 is 0. The number of nitrogens with one attached hydrogen (secondary N) is 1. The zero-order valence-corrected chi connectivity index (χ0v) is 9.25. The number of fused-ring (bicyclic) bond motifs is 1. The molecule has 0 aromatic heterocycles. The Morgan fingerprint density at radius 2 is 2.12 bits per heavy atom. The molecule has 2 aliphatic rings. The number of nitrogens with two attached hydrogens (primary N) is 1. The van der Waals surface area contributed by atoms with E-state index in [9.17, 15) is 4.79 Å². The highest BCUT2D eigenvalue weighted by atomic mass is 16.1. The largest absolute Gasteiger partial charge is 0.326 e. The van der Waals surface area contributed by atoms with Gasteiger partial charge in [0, 0.05) is 17.6 Å². The highest BCUT2D eigenvalue weighted by Crippen LogP contribution is 2.36. The third-order valence-electron chi connectivity index (χ3n) is 3.51. The number of hydrogen-bond donors (Lipinski definition) is 2. The maximum atomic E-state index is 11.2. The molecule has 3 heteroatoms. The fraction of sp³-hybridized carbons (Fsp3) is 0.462. The van der Waals surface area contributed by atoms with Gasteiger partial charge in [-0.3, -0.25) is 4.79 Å². The Labute approximate surface area is 95.0 Å². The van der Waals surface area contributed by atoms with Crippen LogP contribution in [0.1, 0.15) is 30.4 Å². The van der Waals surface area contributed by atoms with Crippen molar-refractivity contribution in [1.29, 1.82) is 0 Å². The predicted molar refractivity (Wildman–Crippen MR) is 63.2 cm³/mol. The van der Waals surface area contributed by atoms with Gasteiger partial charge in [0.25, 0.3) is 0 Å². The van der Waals surface area contributed by atoms with E-state index in [4.69, 9.17) is 5.73 Å². The SMILES string of the molecule is NC1(Cc2ccc3c(c2)CCC(=O)N3)CC1. The summed E-state index contributed by atoms with van der Waals surface area (Å²) in [5.41, 5.74) is 9.69. The van der Waals surface area contributed by atoms with Gasteiger partial charge >= 0.3 is 0 Å². The molecule has 1 aliphatic carbocycles. The molecule has 1 aromatic carbocycles. The molecular formula is C13H16N2O. The van der Waals surface area contributed by atoms with Crippen LogP contribution in [0.15, 0.2) is 18.2 Å². The van der Waals surface area contributed by atoms with Gasteiger partial charge in [-0.15, -0.1) is 0 Å². The van der Waals surface area contributed by atoms with Gasteiger partial charge in [0.2, 0.25) is 5.91 Å². The Morgan fingerprint density at radius 1 is 1.31 bits per heavy atom. The summed E-state index contributed by atoms with van der Waals surface area (Å²) in [5.74, 6) is 0.123. The smallest absolute Gasteiger partial charge is 0.224 e. The molecule has 3 N–H and O–H groups in total. The minimum Gasteiger partial charge on any atom is -0.326 e. The lowest BCUT2D eigenvalue weighted by Crippen LogP contribution is -2.25. The lowest BCUT2D eigenvalue weighted by molar-refractivity contribution is -0.116. The van der Waals surface area contributed by atoms with Crippen molar-refractivity contribution in [2.75, 3.05) is 5.32 Å². The molecule has 84 valence electrons. The average molecular weight is 216 g/mol. The van der Waals surface area contributed by atoms with E-state index < -0.39 is 0 Å². The minimum atomic E-state index is 0.0617. The second-order valence-electron chi connectivity index (χ2n) is 5.08. The second-order valence-corrected chi connectivity index (χ2v) is 5.08. The first kappa shape index (κ1) is 9.85. The Balaban J connectivity index is 1.84. The number of benzene rings is 1. The van der Waals surface area contributed by atoms with Gasteiger partial charge in [-0.2, -0.15) is 0 Å². The van der Waals surface area contributed by atoms with Gasteiger partial charge in [0.1, 0.15) is 0 Å². The van der Waals surface area contributed by atoms with E-state index in [0.717, 1.165) is 31.4 Å². The van der Waals surface area contributed by atoms with Gasteiger partial charge in [0.05, 0.1) is 0 Å². The van der Waals surface area contributed by atoms with Gasteiger partial charge in [0.15, 0.2) is 0 Å². The van der Waals surface area contributed by atoms with Crippen molar-refractivity contribution < 1.29 is 4.79 Å². The zero-order valence-electron chi connectivity index (χ0n) is 9.25. The van der Waals surface area contributed by atoms with Crippen molar-refractivity contribution in [2.45, 2.75) is 37.6 Å². The number of anilines is 1. The molecular weight excluding hydrogens is 200 g/mol. The van der Waals surface area contributed by atoms with Crippen LogP contribution in [0.4, 0.5) is 5.69 Å². The van der Waals surface area contributed by atoms with Crippen LogP contribution in [0, 0.1) is 0 Å². The quantitative estimate of drug-likeness (QED) is 0.789. The van der Waals surface area contributed by atoms with Crippen molar-refractivity contribution in [3.8, 4) is 0 Å². The molecule has 1 aliphatic heterocycles.